The van der Waals surface area contributed by atoms with Crippen LogP contribution in [0.2, 0.25) is 0 Å². The summed E-state index contributed by atoms with van der Waals surface area (Å²) < 4.78 is 28.8. The summed E-state index contributed by atoms with van der Waals surface area (Å²) in [5, 5.41) is 2.12. The second-order valence-electron chi connectivity index (χ2n) is 4.10. The molecule has 2 nitrogen and oxygen atoms in total. The van der Waals surface area contributed by atoms with Gasteiger partial charge in [-0.1, -0.05) is 42.5 Å². The van der Waals surface area contributed by atoms with Gasteiger partial charge in [0.25, 0.3) is 6.43 Å². The molecule has 4 heteroatoms. The van der Waals surface area contributed by atoms with E-state index in [1.165, 1.54) is 0 Å². The SMILES string of the molecule is NC(COCC(F)F)c1cccc2ccccc12. The maximum atomic E-state index is 12.0. The fraction of sp³-hybridized carbons (Fsp3) is 0.286. The van der Waals surface area contributed by atoms with E-state index in [2.05, 4.69) is 0 Å². The minimum absolute atomic E-state index is 0.0956. The number of halogens is 2. The van der Waals surface area contributed by atoms with Crippen molar-refractivity contribution in [2.75, 3.05) is 13.2 Å². The average Bonchev–Trinajstić information content (AvgIpc) is 2.37. The van der Waals surface area contributed by atoms with Gasteiger partial charge in [-0.05, 0) is 16.3 Å². The maximum Gasteiger partial charge on any atom is 0.261 e. The second-order valence-corrected chi connectivity index (χ2v) is 4.10. The minimum Gasteiger partial charge on any atom is -0.374 e. The highest BCUT2D eigenvalue weighted by molar-refractivity contribution is 5.86. The number of ether oxygens (including phenoxy) is 1. The van der Waals surface area contributed by atoms with Crippen molar-refractivity contribution in [3.8, 4) is 0 Å². The van der Waals surface area contributed by atoms with Gasteiger partial charge in [0.05, 0.1) is 12.6 Å². The Morgan fingerprint density at radius 1 is 1.00 bits per heavy atom. The van der Waals surface area contributed by atoms with Gasteiger partial charge < -0.3 is 10.5 Å². The number of nitrogens with two attached hydrogens (primary N) is 1. The van der Waals surface area contributed by atoms with E-state index in [9.17, 15) is 8.78 Å². The molecule has 96 valence electrons. The molecule has 0 saturated carbocycles. The summed E-state index contributed by atoms with van der Waals surface area (Å²) in [7, 11) is 0. The Morgan fingerprint density at radius 2 is 1.72 bits per heavy atom. The van der Waals surface area contributed by atoms with E-state index in [0.717, 1.165) is 16.3 Å². The van der Waals surface area contributed by atoms with Gasteiger partial charge >= 0.3 is 0 Å². The minimum atomic E-state index is -2.45. The molecule has 1 unspecified atom stereocenters. The van der Waals surface area contributed by atoms with Gasteiger partial charge in [-0.3, -0.25) is 0 Å². The van der Waals surface area contributed by atoms with Crippen molar-refractivity contribution in [3.63, 3.8) is 0 Å². The molecule has 2 rings (SSSR count). The molecule has 0 bridgehead atoms. The summed E-state index contributed by atoms with van der Waals surface area (Å²) in [5.74, 6) is 0. The maximum absolute atomic E-state index is 12.0. The van der Waals surface area contributed by atoms with Crippen LogP contribution in [0.3, 0.4) is 0 Å². The Morgan fingerprint density at radius 3 is 2.50 bits per heavy atom. The molecule has 0 aliphatic carbocycles. The lowest BCUT2D eigenvalue weighted by molar-refractivity contribution is 0.0126. The number of hydrogen-bond acceptors (Lipinski definition) is 2. The van der Waals surface area contributed by atoms with E-state index < -0.39 is 19.1 Å². The first kappa shape index (κ1) is 12.9. The lowest BCUT2D eigenvalue weighted by Crippen LogP contribution is -2.19. The van der Waals surface area contributed by atoms with Crippen LogP contribution in [0.15, 0.2) is 42.5 Å². The number of fused-ring (bicyclic) bond motifs is 1. The van der Waals surface area contributed by atoms with Gasteiger partial charge in [0, 0.05) is 0 Å². The molecule has 2 aromatic carbocycles. The van der Waals surface area contributed by atoms with E-state index >= 15 is 0 Å². The van der Waals surface area contributed by atoms with Crippen molar-refractivity contribution in [1.82, 2.24) is 0 Å². The molecule has 0 fully saturated rings. The van der Waals surface area contributed by atoms with Crippen molar-refractivity contribution in [2.45, 2.75) is 12.5 Å². The highest BCUT2D eigenvalue weighted by atomic mass is 19.3. The molecule has 0 saturated heterocycles. The Kier molecular flexibility index (Phi) is 4.23. The molecule has 2 aromatic rings. The Labute approximate surface area is 104 Å². The predicted octanol–water partition coefficient (Wildman–Crippen LogP) is 3.12. The van der Waals surface area contributed by atoms with E-state index in [1.54, 1.807) is 0 Å². The molecule has 1 atom stereocenters. The zero-order chi connectivity index (χ0) is 13.0. The van der Waals surface area contributed by atoms with Gasteiger partial charge in [-0.25, -0.2) is 8.78 Å². The molecule has 0 aliphatic rings. The zero-order valence-corrected chi connectivity index (χ0v) is 9.85. The van der Waals surface area contributed by atoms with Crippen molar-refractivity contribution in [1.29, 1.82) is 0 Å². The van der Waals surface area contributed by atoms with Crippen LogP contribution >= 0.6 is 0 Å². The van der Waals surface area contributed by atoms with Crippen LogP contribution in [0, 0.1) is 0 Å². The van der Waals surface area contributed by atoms with Gasteiger partial charge in [0.2, 0.25) is 0 Å². The normalized spacial score (nSPS) is 13.1. The van der Waals surface area contributed by atoms with E-state index in [-0.39, 0.29) is 6.61 Å². The molecular formula is C14H15F2NO. The summed E-state index contributed by atoms with van der Waals surface area (Å²) >= 11 is 0. The summed E-state index contributed by atoms with van der Waals surface area (Å²) in [6.07, 6.45) is -2.45. The van der Waals surface area contributed by atoms with Gasteiger partial charge in [0.15, 0.2) is 0 Å². The standard InChI is InChI=1S/C14H15F2NO/c15-14(16)9-18-8-13(17)12-7-3-5-10-4-1-2-6-11(10)12/h1-7,13-14H,8-9,17H2. The quantitative estimate of drug-likeness (QED) is 0.886. The number of rotatable bonds is 5. The Bertz CT molecular complexity index is 511. The predicted molar refractivity (Wildman–Crippen MR) is 67.7 cm³/mol. The molecule has 18 heavy (non-hydrogen) atoms. The lowest BCUT2D eigenvalue weighted by Gasteiger charge is -2.15. The van der Waals surface area contributed by atoms with Crippen molar-refractivity contribution >= 4 is 10.8 Å². The van der Waals surface area contributed by atoms with Gasteiger partial charge in [-0.2, -0.15) is 0 Å². The van der Waals surface area contributed by atoms with E-state index in [4.69, 9.17) is 10.5 Å². The summed E-state index contributed by atoms with van der Waals surface area (Å²) in [4.78, 5) is 0. The highest BCUT2D eigenvalue weighted by Crippen LogP contribution is 2.23. The monoisotopic (exact) mass is 251 g/mol. The summed E-state index contributed by atoms with van der Waals surface area (Å²) in [6, 6.07) is 13.2. The first-order chi connectivity index (χ1) is 8.68. The first-order valence-electron chi connectivity index (χ1n) is 5.77. The van der Waals surface area contributed by atoms with Crippen molar-refractivity contribution in [3.05, 3.63) is 48.0 Å². The first-order valence-corrected chi connectivity index (χ1v) is 5.77. The lowest BCUT2D eigenvalue weighted by atomic mass is 10.00. The van der Waals surface area contributed by atoms with E-state index in [0.29, 0.717) is 0 Å². The van der Waals surface area contributed by atoms with Crippen LogP contribution in [-0.2, 0) is 4.74 Å². The topological polar surface area (TPSA) is 35.2 Å². The zero-order valence-electron chi connectivity index (χ0n) is 9.85. The number of alkyl halides is 2. The largest absolute Gasteiger partial charge is 0.374 e. The van der Waals surface area contributed by atoms with Crippen LogP contribution < -0.4 is 5.73 Å². The summed E-state index contributed by atoms with van der Waals surface area (Å²) in [5.41, 5.74) is 6.90. The summed E-state index contributed by atoms with van der Waals surface area (Å²) in [6.45, 7) is -0.475. The molecule has 0 spiro atoms. The average molecular weight is 251 g/mol. The van der Waals surface area contributed by atoms with Gasteiger partial charge in [-0.15, -0.1) is 0 Å². The third kappa shape index (κ3) is 3.03. The molecule has 2 N–H and O–H groups in total. The third-order valence-corrected chi connectivity index (χ3v) is 2.76. The van der Waals surface area contributed by atoms with Crippen LogP contribution in [0.4, 0.5) is 8.78 Å². The Balaban J connectivity index is 2.15. The number of benzene rings is 2. The fourth-order valence-electron chi connectivity index (χ4n) is 1.95. The fourth-order valence-corrected chi connectivity index (χ4v) is 1.95. The second kappa shape index (κ2) is 5.89. The molecule has 0 radical (unpaired) electrons. The van der Waals surface area contributed by atoms with Gasteiger partial charge in [0.1, 0.15) is 6.61 Å². The van der Waals surface area contributed by atoms with E-state index in [1.807, 2.05) is 42.5 Å². The molecule has 0 heterocycles. The molecule has 0 aromatic heterocycles. The molecule has 0 amide bonds. The number of hydrogen-bond donors (Lipinski definition) is 1. The smallest absolute Gasteiger partial charge is 0.261 e. The third-order valence-electron chi connectivity index (χ3n) is 2.76. The molecule has 0 aliphatic heterocycles. The van der Waals surface area contributed by atoms with Crippen molar-refractivity contribution < 1.29 is 13.5 Å². The Hall–Kier alpha value is -1.52. The van der Waals surface area contributed by atoms with Crippen LogP contribution in [-0.4, -0.2) is 19.6 Å². The highest BCUT2D eigenvalue weighted by Gasteiger charge is 2.11. The van der Waals surface area contributed by atoms with Crippen LogP contribution in [0.5, 0.6) is 0 Å². The molecular weight excluding hydrogens is 236 g/mol. The van der Waals surface area contributed by atoms with Crippen LogP contribution in [0.1, 0.15) is 11.6 Å². The van der Waals surface area contributed by atoms with Crippen molar-refractivity contribution in [2.24, 2.45) is 5.73 Å². The van der Waals surface area contributed by atoms with Crippen LogP contribution in [0.25, 0.3) is 10.8 Å².